The van der Waals surface area contributed by atoms with Crippen LogP contribution in [0.4, 0.5) is 0 Å². The van der Waals surface area contributed by atoms with E-state index >= 15 is 0 Å². The van der Waals surface area contributed by atoms with Gasteiger partial charge in [0.1, 0.15) is 5.82 Å². The fraction of sp³-hybridized carbons (Fsp3) is 0.400. The van der Waals surface area contributed by atoms with Crippen LogP contribution < -0.4 is 5.73 Å². The molecule has 0 saturated carbocycles. The quantitative estimate of drug-likeness (QED) is 0.877. The van der Waals surface area contributed by atoms with Crippen molar-refractivity contribution in [2.24, 2.45) is 5.73 Å². The standard InChI is InChI=1S/C15H21N3/c1-3-4-15-17-9-10-18(15)14-6-5-13(7-8-16)11-12(14)2/h5-6,9-11H,3-4,7-8,16H2,1-2H3. The number of rotatable bonds is 5. The van der Waals surface area contributed by atoms with Gasteiger partial charge in [-0.1, -0.05) is 19.1 Å². The Kier molecular flexibility index (Phi) is 4.15. The Morgan fingerprint density at radius 2 is 2.11 bits per heavy atom. The maximum atomic E-state index is 5.59. The summed E-state index contributed by atoms with van der Waals surface area (Å²) in [6.45, 7) is 5.02. The Balaban J connectivity index is 2.35. The Labute approximate surface area is 109 Å². The molecular weight excluding hydrogens is 222 g/mol. The second kappa shape index (κ2) is 5.83. The number of nitrogens with zero attached hydrogens (tertiary/aromatic N) is 2. The molecule has 0 spiro atoms. The molecule has 0 fully saturated rings. The first kappa shape index (κ1) is 12.8. The third-order valence-corrected chi connectivity index (χ3v) is 3.14. The molecule has 2 aromatic rings. The Morgan fingerprint density at radius 3 is 2.78 bits per heavy atom. The van der Waals surface area contributed by atoms with Gasteiger partial charge in [-0.2, -0.15) is 0 Å². The van der Waals surface area contributed by atoms with Crippen LogP contribution in [0, 0.1) is 6.92 Å². The first-order valence-corrected chi connectivity index (χ1v) is 6.58. The smallest absolute Gasteiger partial charge is 0.113 e. The van der Waals surface area contributed by atoms with E-state index in [9.17, 15) is 0 Å². The van der Waals surface area contributed by atoms with Gasteiger partial charge < -0.3 is 10.3 Å². The van der Waals surface area contributed by atoms with Crippen LogP contribution in [0.2, 0.25) is 0 Å². The van der Waals surface area contributed by atoms with Crippen LogP contribution in [0.5, 0.6) is 0 Å². The zero-order chi connectivity index (χ0) is 13.0. The summed E-state index contributed by atoms with van der Waals surface area (Å²) in [4.78, 5) is 4.43. The second-order valence-electron chi connectivity index (χ2n) is 4.62. The molecule has 1 aromatic carbocycles. The van der Waals surface area contributed by atoms with Crippen LogP contribution in [0.3, 0.4) is 0 Å². The molecule has 0 aliphatic carbocycles. The average Bonchev–Trinajstić information content (AvgIpc) is 2.78. The van der Waals surface area contributed by atoms with E-state index in [1.807, 2.05) is 12.4 Å². The van der Waals surface area contributed by atoms with Crippen LogP contribution >= 0.6 is 0 Å². The molecule has 0 aliphatic rings. The van der Waals surface area contributed by atoms with Gasteiger partial charge in [-0.05, 0) is 43.5 Å². The minimum Gasteiger partial charge on any atom is -0.330 e. The summed E-state index contributed by atoms with van der Waals surface area (Å²) in [6, 6.07) is 6.55. The highest BCUT2D eigenvalue weighted by molar-refractivity contribution is 5.43. The van der Waals surface area contributed by atoms with Crippen molar-refractivity contribution in [1.29, 1.82) is 0 Å². The number of benzene rings is 1. The Morgan fingerprint density at radius 1 is 1.28 bits per heavy atom. The topological polar surface area (TPSA) is 43.8 Å². The lowest BCUT2D eigenvalue weighted by atomic mass is 10.1. The predicted octanol–water partition coefficient (Wildman–Crippen LogP) is 2.63. The lowest BCUT2D eigenvalue weighted by Crippen LogP contribution is -2.05. The summed E-state index contributed by atoms with van der Waals surface area (Å²) in [7, 11) is 0. The van der Waals surface area contributed by atoms with Crippen LogP contribution in [0.15, 0.2) is 30.6 Å². The van der Waals surface area contributed by atoms with Crippen LogP contribution in [0.25, 0.3) is 5.69 Å². The second-order valence-corrected chi connectivity index (χ2v) is 4.62. The number of hydrogen-bond acceptors (Lipinski definition) is 2. The molecule has 0 saturated heterocycles. The monoisotopic (exact) mass is 243 g/mol. The predicted molar refractivity (Wildman–Crippen MR) is 75.1 cm³/mol. The van der Waals surface area contributed by atoms with Gasteiger partial charge in [-0.15, -0.1) is 0 Å². The largest absolute Gasteiger partial charge is 0.330 e. The number of aromatic nitrogens is 2. The van der Waals surface area contributed by atoms with E-state index in [4.69, 9.17) is 5.73 Å². The summed E-state index contributed by atoms with van der Waals surface area (Å²) in [5.74, 6) is 1.13. The number of aryl methyl sites for hydroxylation is 2. The summed E-state index contributed by atoms with van der Waals surface area (Å²) < 4.78 is 2.19. The molecule has 2 N–H and O–H groups in total. The lowest BCUT2D eigenvalue weighted by molar-refractivity contribution is 0.806. The van der Waals surface area contributed by atoms with Gasteiger partial charge in [0, 0.05) is 24.5 Å². The van der Waals surface area contributed by atoms with Crippen molar-refractivity contribution in [3.63, 3.8) is 0 Å². The van der Waals surface area contributed by atoms with Gasteiger partial charge in [0.25, 0.3) is 0 Å². The van der Waals surface area contributed by atoms with Crippen molar-refractivity contribution >= 4 is 0 Å². The molecule has 0 amide bonds. The summed E-state index contributed by atoms with van der Waals surface area (Å²) in [5.41, 5.74) is 9.39. The van der Waals surface area contributed by atoms with Gasteiger partial charge in [-0.3, -0.25) is 0 Å². The molecule has 0 atom stereocenters. The number of imidazole rings is 1. The molecule has 0 bridgehead atoms. The first-order valence-electron chi connectivity index (χ1n) is 6.58. The summed E-state index contributed by atoms with van der Waals surface area (Å²) in [6.07, 6.45) is 6.97. The highest BCUT2D eigenvalue weighted by atomic mass is 15.1. The fourth-order valence-corrected chi connectivity index (χ4v) is 2.27. The van der Waals surface area contributed by atoms with E-state index in [0.29, 0.717) is 6.54 Å². The van der Waals surface area contributed by atoms with Crippen molar-refractivity contribution in [1.82, 2.24) is 9.55 Å². The maximum Gasteiger partial charge on any atom is 0.113 e. The fourth-order valence-electron chi connectivity index (χ4n) is 2.27. The van der Waals surface area contributed by atoms with Crippen LogP contribution in [-0.2, 0) is 12.8 Å². The van der Waals surface area contributed by atoms with E-state index in [1.54, 1.807) is 0 Å². The van der Waals surface area contributed by atoms with Crippen molar-refractivity contribution in [2.75, 3.05) is 6.54 Å². The lowest BCUT2D eigenvalue weighted by Gasteiger charge is -2.12. The van der Waals surface area contributed by atoms with Crippen molar-refractivity contribution in [3.05, 3.63) is 47.5 Å². The van der Waals surface area contributed by atoms with E-state index < -0.39 is 0 Å². The zero-order valence-corrected chi connectivity index (χ0v) is 11.2. The van der Waals surface area contributed by atoms with Crippen LogP contribution in [-0.4, -0.2) is 16.1 Å². The number of hydrogen-bond donors (Lipinski definition) is 1. The third-order valence-electron chi connectivity index (χ3n) is 3.14. The highest BCUT2D eigenvalue weighted by Crippen LogP contribution is 2.18. The molecule has 1 heterocycles. The molecule has 96 valence electrons. The van der Waals surface area contributed by atoms with Crippen molar-refractivity contribution in [3.8, 4) is 5.69 Å². The van der Waals surface area contributed by atoms with Crippen molar-refractivity contribution < 1.29 is 0 Å². The van der Waals surface area contributed by atoms with Gasteiger partial charge >= 0.3 is 0 Å². The molecule has 0 unspecified atom stereocenters. The summed E-state index contributed by atoms with van der Waals surface area (Å²) in [5, 5.41) is 0. The first-order chi connectivity index (χ1) is 8.76. The third kappa shape index (κ3) is 2.62. The average molecular weight is 243 g/mol. The molecule has 1 aromatic heterocycles. The van der Waals surface area contributed by atoms with Crippen LogP contribution in [0.1, 0.15) is 30.3 Å². The van der Waals surface area contributed by atoms with Gasteiger partial charge in [0.2, 0.25) is 0 Å². The minimum atomic E-state index is 0.699. The molecule has 3 nitrogen and oxygen atoms in total. The molecule has 18 heavy (non-hydrogen) atoms. The SMILES string of the molecule is CCCc1nccn1-c1ccc(CCN)cc1C. The highest BCUT2D eigenvalue weighted by Gasteiger charge is 2.07. The normalized spacial score (nSPS) is 10.8. The summed E-state index contributed by atoms with van der Waals surface area (Å²) >= 11 is 0. The van der Waals surface area contributed by atoms with Crippen molar-refractivity contribution in [2.45, 2.75) is 33.1 Å². The molecular formula is C15H21N3. The Hall–Kier alpha value is -1.61. The molecule has 3 heteroatoms. The van der Waals surface area contributed by atoms with Gasteiger partial charge in [0.15, 0.2) is 0 Å². The van der Waals surface area contributed by atoms with E-state index in [1.165, 1.54) is 16.8 Å². The molecule has 0 aliphatic heterocycles. The van der Waals surface area contributed by atoms with E-state index in [-0.39, 0.29) is 0 Å². The Bertz CT molecular complexity index is 514. The number of nitrogens with two attached hydrogens (primary N) is 1. The maximum absolute atomic E-state index is 5.59. The van der Waals surface area contributed by atoms with E-state index in [0.717, 1.165) is 25.1 Å². The molecule has 0 radical (unpaired) electrons. The van der Waals surface area contributed by atoms with Gasteiger partial charge in [0.05, 0.1) is 0 Å². The minimum absolute atomic E-state index is 0.699. The van der Waals surface area contributed by atoms with Gasteiger partial charge in [-0.25, -0.2) is 4.98 Å². The zero-order valence-electron chi connectivity index (χ0n) is 11.2. The molecule has 2 rings (SSSR count). The van der Waals surface area contributed by atoms with E-state index in [2.05, 4.69) is 41.6 Å².